The normalized spacial score (nSPS) is 11.0. The molecule has 5 nitrogen and oxygen atoms in total. The van der Waals surface area contributed by atoms with Gasteiger partial charge in [0.1, 0.15) is 0 Å². The van der Waals surface area contributed by atoms with Crippen molar-refractivity contribution in [2.45, 2.75) is 6.92 Å². The molecule has 0 saturated heterocycles. The number of aromatic carboxylic acids is 1. The Labute approximate surface area is 148 Å². The lowest BCUT2D eigenvalue weighted by atomic mass is 10.0. The number of carboxylic acids is 1. The van der Waals surface area contributed by atoms with Crippen molar-refractivity contribution in [3.8, 4) is 16.8 Å². The quantitative estimate of drug-likeness (QED) is 0.602. The van der Waals surface area contributed by atoms with Crippen molar-refractivity contribution in [1.29, 1.82) is 0 Å². The van der Waals surface area contributed by atoms with Gasteiger partial charge in [0.15, 0.2) is 5.58 Å². The predicted molar refractivity (Wildman–Crippen MR) is 98.9 cm³/mol. The van der Waals surface area contributed by atoms with Gasteiger partial charge in [-0.15, -0.1) is 0 Å². The summed E-state index contributed by atoms with van der Waals surface area (Å²) in [5.74, 6) is -1.61. The molecule has 0 amide bonds. The molecule has 4 rings (SSSR count). The summed E-state index contributed by atoms with van der Waals surface area (Å²) in [5.41, 5.74) is 4.31. The van der Waals surface area contributed by atoms with Gasteiger partial charge in [-0.3, -0.25) is 0 Å². The second kappa shape index (κ2) is 6.04. The van der Waals surface area contributed by atoms with Crippen LogP contribution in [-0.2, 0) is 0 Å². The molecule has 0 radical (unpaired) electrons. The van der Waals surface area contributed by atoms with E-state index in [1.165, 1.54) is 10.6 Å². The zero-order valence-corrected chi connectivity index (χ0v) is 14.0. The Kier molecular flexibility index (Phi) is 3.69. The number of para-hydroxylation sites is 2. The average molecular weight is 345 g/mol. The van der Waals surface area contributed by atoms with E-state index >= 15 is 0 Å². The summed E-state index contributed by atoms with van der Waals surface area (Å²) in [6.45, 7) is 1.99. The monoisotopic (exact) mass is 345 g/mol. The van der Waals surface area contributed by atoms with E-state index in [1.807, 2.05) is 31.2 Å². The lowest BCUT2D eigenvalue weighted by molar-refractivity contribution is 0.0697. The molecule has 1 N–H and O–H groups in total. The maximum Gasteiger partial charge on any atom is 0.424 e. The molecule has 5 heteroatoms. The first-order valence-electron chi connectivity index (χ1n) is 8.09. The molecule has 1 heterocycles. The third-order valence-electron chi connectivity index (χ3n) is 4.29. The van der Waals surface area contributed by atoms with Gasteiger partial charge in [-0.25, -0.2) is 14.2 Å². The highest BCUT2D eigenvalue weighted by molar-refractivity contribution is 5.91. The summed E-state index contributed by atoms with van der Waals surface area (Å²) in [7, 11) is 0. The third kappa shape index (κ3) is 2.69. The van der Waals surface area contributed by atoms with E-state index < -0.39 is 11.7 Å². The lowest BCUT2D eigenvalue weighted by Crippen LogP contribution is -2.12. The van der Waals surface area contributed by atoms with Crippen LogP contribution in [0.15, 0.2) is 75.9 Å². The average Bonchev–Trinajstić information content (AvgIpc) is 2.97. The molecule has 0 bridgehead atoms. The first-order valence-corrected chi connectivity index (χ1v) is 8.09. The number of aromatic nitrogens is 1. The highest BCUT2D eigenvalue weighted by Gasteiger charge is 2.15. The standard InChI is InChI=1S/C21H15NO4/c1-13-6-8-14(9-7-13)15-10-16(20(23)24)12-17(11-15)22-18-4-2-3-5-19(18)26-21(22)25/h2-12H,1H3,(H,23,24). The van der Waals surface area contributed by atoms with Crippen LogP contribution in [0.4, 0.5) is 0 Å². The molecule has 0 fully saturated rings. The van der Waals surface area contributed by atoms with Crippen molar-refractivity contribution in [3.63, 3.8) is 0 Å². The van der Waals surface area contributed by atoms with Gasteiger partial charge in [0.05, 0.1) is 16.8 Å². The number of oxazole rings is 1. The van der Waals surface area contributed by atoms with Gasteiger partial charge in [-0.2, -0.15) is 0 Å². The molecule has 4 aromatic rings. The van der Waals surface area contributed by atoms with Gasteiger partial charge in [0.2, 0.25) is 0 Å². The molecule has 0 aliphatic carbocycles. The van der Waals surface area contributed by atoms with Crippen LogP contribution in [0.2, 0.25) is 0 Å². The summed E-state index contributed by atoms with van der Waals surface area (Å²) >= 11 is 0. The molecule has 1 aromatic heterocycles. The number of carbonyl (C=O) groups is 1. The van der Waals surface area contributed by atoms with E-state index in [4.69, 9.17) is 4.42 Å². The number of benzene rings is 3. The number of hydrogen-bond donors (Lipinski definition) is 1. The van der Waals surface area contributed by atoms with Gasteiger partial charge in [0.25, 0.3) is 0 Å². The van der Waals surface area contributed by atoms with Gasteiger partial charge in [-0.1, -0.05) is 42.0 Å². The summed E-state index contributed by atoms with van der Waals surface area (Å²) < 4.78 is 6.66. The summed E-state index contributed by atoms with van der Waals surface area (Å²) in [6.07, 6.45) is 0. The van der Waals surface area contributed by atoms with E-state index in [0.29, 0.717) is 16.8 Å². The van der Waals surface area contributed by atoms with E-state index in [-0.39, 0.29) is 5.56 Å². The first-order chi connectivity index (χ1) is 12.5. The fourth-order valence-electron chi connectivity index (χ4n) is 2.99. The number of fused-ring (bicyclic) bond motifs is 1. The smallest absolute Gasteiger partial charge is 0.424 e. The van der Waals surface area contributed by atoms with Crippen molar-refractivity contribution in [3.05, 3.63) is 88.4 Å². The Hall–Kier alpha value is -3.60. The maximum atomic E-state index is 12.4. The van der Waals surface area contributed by atoms with Gasteiger partial charge in [0, 0.05) is 0 Å². The number of aryl methyl sites for hydroxylation is 1. The first kappa shape index (κ1) is 15.9. The fourth-order valence-corrected chi connectivity index (χ4v) is 2.99. The van der Waals surface area contributed by atoms with E-state index in [2.05, 4.69) is 0 Å². The summed E-state index contributed by atoms with van der Waals surface area (Å²) in [6, 6.07) is 19.7. The Morgan fingerprint density at radius 3 is 2.42 bits per heavy atom. The van der Waals surface area contributed by atoms with Gasteiger partial charge < -0.3 is 9.52 Å². The van der Waals surface area contributed by atoms with Crippen LogP contribution in [0, 0.1) is 6.92 Å². The topological polar surface area (TPSA) is 72.4 Å². The minimum absolute atomic E-state index is 0.107. The third-order valence-corrected chi connectivity index (χ3v) is 4.29. The van der Waals surface area contributed by atoms with Crippen molar-refractivity contribution in [1.82, 2.24) is 4.57 Å². The summed E-state index contributed by atoms with van der Waals surface area (Å²) in [5, 5.41) is 9.49. The highest BCUT2D eigenvalue weighted by atomic mass is 16.4. The number of nitrogens with zero attached hydrogens (tertiary/aromatic N) is 1. The molecule has 0 atom stereocenters. The molecule has 0 aliphatic rings. The van der Waals surface area contributed by atoms with Crippen molar-refractivity contribution < 1.29 is 14.3 Å². The second-order valence-electron chi connectivity index (χ2n) is 6.11. The van der Waals surface area contributed by atoms with Crippen molar-refractivity contribution >= 4 is 17.1 Å². The molecule has 128 valence electrons. The Morgan fingerprint density at radius 2 is 1.69 bits per heavy atom. The van der Waals surface area contributed by atoms with Crippen LogP contribution in [0.3, 0.4) is 0 Å². The Morgan fingerprint density at radius 1 is 0.962 bits per heavy atom. The molecule has 0 saturated carbocycles. The zero-order valence-electron chi connectivity index (χ0n) is 14.0. The Balaban J connectivity index is 1.99. The largest absolute Gasteiger partial charge is 0.478 e. The van der Waals surface area contributed by atoms with Crippen LogP contribution < -0.4 is 5.76 Å². The lowest BCUT2D eigenvalue weighted by Gasteiger charge is -2.09. The SMILES string of the molecule is Cc1ccc(-c2cc(C(=O)O)cc(-n3c(=O)oc4ccccc43)c2)cc1. The van der Waals surface area contributed by atoms with E-state index in [1.54, 1.807) is 36.4 Å². The molecule has 0 aliphatic heterocycles. The van der Waals surface area contributed by atoms with Crippen molar-refractivity contribution in [2.75, 3.05) is 0 Å². The van der Waals surface area contributed by atoms with E-state index in [0.717, 1.165) is 16.7 Å². The molecular formula is C21H15NO4. The fraction of sp³-hybridized carbons (Fsp3) is 0.0476. The molecule has 0 unspecified atom stereocenters. The van der Waals surface area contributed by atoms with Crippen molar-refractivity contribution in [2.24, 2.45) is 0 Å². The van der Waals surface area contributed by atoms with Crippen LogP contribution in [0.5, 0.6) is 0 Å². The predicted octanol–water partition coefficient (Wildman–Crippen LogP) is 4.26. The van der Waals surface area contributed by atoms with Crippen LogP contribution in [0.1, 0.15) is 15.9 Å². The van der Waals surface area contributed by atoms with Gasteiger partial charge >= 0.3 is 11.7 Å². The number of hydrogen-bond acceptors (Lipinski definition) is 3. The maximum absolute atomic E-state index is 12.4. The highest BCUT2D eigenvalue weighted by Crippen LogP contribution is 2.26. The minimum atomic E-state index is -1.05. The minimum Gasteiger partial charge on any atom is -0.478 e. The number of carboxylic acid groups (broad SMARTS) is 1. The molecular weight excluding hydrogens is 330 g/mol. The van der Waals surface area contributed by atoms with Crippen LogP contribution in [-0.4, -0.2) is 15.6 Å². The number of rotatable bonds is 3. The molecule has 26 heavy (non-hydrogen) atoms. The summed E-state index contributed by atoms with van der Waals surface area (Å²) in [4.78, 5) is 24.0. The Bertz CT molecular complexity index is 1180. The molecule has 0 spiro atoms. The van der Waals surface area contributed by atoms with Crippen LogP contribution in [0.25, 0.3) is 27.9 Å². The van der Waals surface area contributed by atoms with Crippen LogP contribution >= 0.6 is 0 Å². The second-order valence-corrected chi connectivity index (χ2v) is 6.11. The zero-order chi connectivity index (χ0) is 18.3. The van der Waals surface area contributed by atoms with E-state index in [9.17, 15) is 14.7 Å². The van der Waals surface area contributed by atoms with Gasteiger partial charge in [-0.05, 0) is 48.4 Å². The molecule has 3 aromatic carbocycles.